The molecule has 0 aliphatic heterocycles. The van der Waals surface area contributed by atoms with Gasteiger partial charge in [-0.25, -0.2) is 4.39 Å². The lowest BCUT2D eigenvalue weighted by Crippen LogP contribution is -2.29. The van der Waals surface area contributed by atoms with Crippen molar-refractivity contribution in [2.75, 3.05) is 5.32 Å². The summed E-state index contributed by atoms with van der Waals surface area (Å²) in [6.45, 7) is 2.06. The predicted octanol–water partition coefficient (Wildman–Crippen LogP) is 5.06. The highest BCUT2D eigenvalue weighted by molar-refractivity contribution is 6.16. The maximum absolute atomic E-state index is 13.1. The third-order valence-corrected chi connectivity index (χ3v) is 6.07. The van der Waals surface area contributed by atoms with E-state index in [1.54, 1.807) is 6.07 Å². The second-order valence-corrected chi connectivity index (χ2v) is 8.21. The lowest BCUT2D eigenvalue weighted by molar-refractivity contribution is -0.117. The summed E-state index contributed by atoms with van der Waals surface area (Å²) in [6, 6.07) is 21.1. The Balaban J connectivity index is 1.43. The number of anilines is 1. The van der Waals surface area contributed by atoms with Gasteiger partial charge >= 0.3 is 0 Å². The number of hydrogen-bond acceptors (Lipinski definition) is 4. The second kappa shape index (κ2) is 8.41. The maximum atomic E-state index is 13.1. The van der Waals surface area contributed by atoms with Crippen molar-refractivity contribution in [1.29, 1.82) is 5.26 Å². The lowest BCUT2D eigenvalue weighted by atomic mass is 9.97. The van der Waals surface area contributed by atoms with E-state index in [9.17, 15) is 19.2 Å². The Labute approximate surface area is 195 Å². The molecule has 4 aromatic rings. The molecule has 0 fully saturated rings. The number of aryl methyl sites for hydroxylation is 1. The zero-order valence-corrected chi connectivity index (χ0v) is 18.2. The number of carbonyl (C=O) groups is 2. The molecular formula is C27H19FN4O2. The van der Waals surface area contributed by atoms with Crippen molar-refractivity contribution in [1.82, 2.24) is 10.2 Å². The van der Waals surface area contributed by atoms with Crippen LogP contribution in [-0.2, 0) is 11.2 Å². The van der Waals surface area contributed by atoms with Crippen LogP contribution >= 0.6 is 0 Å². The molecule has 0 spiro atoms. The zero-order chi connectivity index (χ0) is 23.8. The van der Waals surface area contributed by atoms with Crippen molar-refractivity contribution in [3.8, 4) is 28.5 Å². The molecule has 2 N–H and O–H groups in total. The molecule has 1 aromatic heterocycles. The molecule has 6 nitrogen and oxygen atoms in total. The van der Waals surface area contributed by atoms with E-state index in [2.05, 4.69) is 46.7 Å². The van der Waals surface area contributed by atoms with Crippen LogP contribution in [0.4, 0.5) is 10.1 Å². The summed E-state index contributed by atoms with van der Waals surface area (Å²) in [4.78, 5) is 25.8. The number of rotatable bonds is 5. The first-order valence-electron chi connectivity index (χ1n) is 10.7. The van der Waals surface area contributed by atoms with Crippen molar-refractivity contribution >= 4 is 17.4 Å². The number of nitrogens with one attached hydrogen (secondary N) is 2. The minimum Gasteiger partial charge on any atom is -0.325 e. The van der Waals surface area contributed by atoms with Gasteiger partial charge in [0.1, 0.15) is 11.5 Å². The Morgan fingerprint density at radius 3 is 2.59 bits per heavy atom. The topological polar surface area (TPSA) is 98.6 Å². The number of benzene rings is 3. The SMILES string of the molecule is Cc1ccccc1-c1ccc2c(c1)-c1[nH]nc(C(=O)C(C#N)C(=O)Nc3ccc(F)cc3)c1C2. The highest BCUT2D eigenvalue weighted by Crippen LogP contribution is 2.40. The molecule has 7 heteroatoms. The van der Waals surface area contributed by atoms with Crippen molar-refractivity contribution in [3.05, 3.63) is 94.9 Å². The summed E-state index contributed by atoms with van der Waals surface area (Å²) in [6.07, 6.45) is 0.480. The third-order valence-electron chi connectivity index (χ3n) is 6.07. The van der Waals surface area contributed by atoms with E-state index >= 15 is 0 Å². The molecule has 1 aliphatic rings. The Morgan fingerprint density at radius 2 is 1.85 bits per heavy atom. The van der Waals surface area contributed by atoms with Gasteiger partial charge in [-0.2, -0.15) is 10.4 Å². The van der Waals surface area contributed by atoms with Gasteiger partial charge < -0.3 is 5.32 Å². The Bertz CT molecular complexity index is 1480. The largest absolute Gasteiger partial charge is 0.325 e. The smallest absolute Gasteiger partial charge is 0.249 e. The molecule has 0 radical (unpaired) electrons. The minimum atomic E-state index is -1.58. The summed E-state index contributed by atoms with van der Waals surface area (Å²) in [5.41, 5.74) is 7.11. The molecule has 0 saturated carbocycles. The van der Waals surface area contributed by atoms with Crippen LogP contribution in [0.5, 0.6) is 0 Å². The molecular weight excluding hydrogens is 431 g/mol. The number of hydrogen-bond donors (Lipinski definition) is 2. The number of carbonyl (C=O) groups excluding carboxylic acids is 2. The average Bonchev–Trinajstić information content (AvgIpc) is 3.40. The number of ketones is 1. The molecule has 1 unspecified atom stereocenters. The number of amides is 1. The lowest BCUT2D eigenvalue weighted by Gasteiger charge is -2.09. The van der Waals surface area contributed by atoms with Gasteiger partial charge in [-0.15, -0.1) is 0 Å². The van der Waals surface area contributed by atoms with Crippen molar-refractivity contribution in [3.63, 3.8) is 0 Å². The van der Waals surface area contributed by atoms with Crippen LogP contribution in [-0.4, -0.2) is 21.9 Å². The Hall–Kier alpha value is -4.57. The van der Waals surface area contributed by atoms with Crippen molar-refractivity contribution in [2.45, 2.75) is 13.3 Å². The normalized spacial score (nSPS) is 12.4. The molecule has 1 heterocycles. The van der Waals surface area contributed by atoms with Crippen LogP contribution in [0.25, 0.3) is 22.4 Å². The van der Waals surface area contributed by atoms with E-state index in [-0.39, 0.29) is 5.69 Å². The number of Topliss-reactive ketones (excluding diaryl/α,β-unsaturated/α-hetero) is 1. The first-order chi connectivity index (χ1) is 16.5. The van der Waals surface area contributed by atoms with Gasteiger partial charge in [-0.3, -0.25) is 14.7 Å². The number of fused-ring (bicyclic) bond motifs is 3. The van der Waals surface area contributed by atoms with Gasteiger partial charge in [0, 0.05) is 23.2 Å². The average molecular weight is 450 g/mol. The first-order valence-corrected chi connectivity index (χ1v) is 10.7. The Morgan fingerprint density at radius 1 is 1.09 bits per heavy atom. The fourth-order valence-electron chi connectivity index (χ4n) is 4.30. The summed E-state index contributed by atoms with van der Waals surface area (Å²) < 4.78 is 13.1. The molecule has 0 bridgehead atoms. The van der Waals surface area contributed by atoms with Crippen LogP contribution < -0.4 is 5.32 Å². The molecule has 5 rings (SSSR count). The summed E-state index contributed by atoms with van der Waals surface area (Å²) in [7, 11) is 0. The van der Waals surface area contributed by atoms with Gasteiger partial charge in [-0.05, 0) is 59.5 Å². The molecule has 34 heavy (non-hydrogen) atoms. The summed E-state index contributed by atoms with van der Waals surface area (Å²) in [5.74, 6) is -3.49. The Kier molecular flexibility index (Phi) is 5.27. The molecule has 3 aromatic carbocycles. The molecule has 1 amide bonds. The van der Waals surface area contributed by atoms with E-state index in [4.69, 9.17) is 0 Å². The van der Waals surface area contributed by atoms with Crippen LogP contribution in [0.2, 0.25) is 0 Å². The highest BCUT2D eigenvalue weighted by Gasteiger charge is 2.34. The van der Waals surface area contributed by atoms with Gasteiger partial charge in [0.2, 0.25) is 11.7 Å². The van der Waals surface area contributed by atoms with Gasteiger partial charge in [0.25, 0.3) is 0 Å². The van der Waals surface area contributed by atoms with E-state index < -0.39 is 23.4 Å². The molecule has 0 saturated heterocycles. The quantitative estimate of drug-likeness (QED) is 0.289. The minimum absolute atomic E-state index is 0.0875. The predicted molar refractivity (Wildman–Crippen MR) is 125 cm³/mol. The van der Waals surface area contributed by atoms with E-state index in [0.29, 0.717) is 17.7 Å². The highest BCUT2D eigenvalue weighted by atomic mass is 19.1. The van der Waals surface area contributed by atoms with Gasteiger partial charge in [0.05, 0.1) is 11.8 Å². The van der Waals surface area contributed by atoms with Crippen LogP contribution in [0, 0.1) is 30.0 Å². The van der Waals surface area contributed by atoms with Crippen LogP contribution in [0.1, 0.15) is 27.2 Å². The van der Waals surface area contributed by atoms with E-state index in [0.717, 1.165) is 33.5 Å². The zero-order valence-electron chi connectivity index (χ0n) is 18.2. The van der Waals surface area contributed by atoms with E-state index in [1.165, 1.54) is 24.3 Å². The molecule has 166 valence electrons. The number of halogens is 1. The fraction of sp³-hybridized carbons (Fsp3) is 0.111. The number of nitrogens with zero attached hydrogens (tertiary/aromatic N) is 2. The standard InChI is InChI=1S/C27H19FN4O2/c1-15-4-2-3-5-20(15)16-6-7-17-13-22-24(21(17)12-16)31-32-25(22)26(33)23(14-29)27(34)30-19-10-8-18(28)9-11-19/h2-12,23H,13H2,1H3,(H,30,34)(H,31,32). The molecule has 1 aliphatic carbocycles. The first kappa shape index (κ1) is 21.3. The van der Waals surface area contributed by atoms with E-state index in [1.807, 2.05) is 18.2 Å². The maximum Gasteiger partial charge on any atom is 0.249 e. The number of aromatic nitrogens is 2. The number of aromatic amines is 1. The molecule has 1 atom stereocenters. The number of nitriles is 1. The monoisotopic (exact) mass is 450 g/mol. The summed E-state index contributed by atoms with van der Waals surface area (Å²) >= 11 is 0. The van der Waals surface area contributed by atoms with Crippen LogP contribution in [0.15, 0.2) is 66.7 Å². The van der Waals surface area contributed by atoms with Crippen molar-refractivity contribution < 1.29 is 14.0 Å². The van der Waals surface area contributed by atoms with Gasteiger partial charge in [0.15, 0.2) is 5.92 Å². The fourth-order valence-corrected chi connectivity index (χ4v) is 4.30. The number of H-pyrrole nitrogens is 1. The summed E-state index contributed by atoms with van der Waals surface area (Å²) in [5, 5.41) is 19.2. The van der Waals surface area contributed by atoms with Crippen LogP contribution in [0.3, 0.4) is 0 Å². The van der Waals surface area contributed by atoms with Gasteiger partial charge in [-0.1, -0.05) is 36.4 Å². The van der Waals surface area contributed by atoms with Crippen molar-refractivity contribution in [2.24, 2.45) is 5.92 Å². The third kappa shape index (κ3) is 3.65. The second-order valence-electron chi connectivity index (χ2n) is 8.21.